The Morgan fingerprint density at radius 2 is 2.28 bits per heavy atom. The molecule has 1 aromatic heterocycles. The Kier molecular flexibility index (Phi) is 3.47. The smallest absolute Gasteiger partial charge is 0.338 e. The number of ether oxygens (including phenoxy) is 1. The van der Waals surface area contributed by atoms with Crippen molar-refractivity contribution in [1.29, 1.82) is 0 Å². The van der Waals surface area contributed by atoms with Gasteiger partial charge in [-0.2, -0.15) is 13.9 Å². The molecule has 2 rings (SSSR count). The molecule has 0 saturated carbocycles. The highest BCUT2D eigenvalue weighted by Gasteiger charge is 2.15. The average molecular weight is 275 g/mol. The van der Waals surface area contributed by atoms with Crippen molar-refractivity contribution in [3.8, 4) is 0 Å². The van der Waals surface area contributed by atoms with E-state index in [1.807, 2.05) is 0 Å². The summed E-state index contributed by atoms with van der Waals surface area (Å²) in [6.07, 6.45) is 1.13. The highest BCUT2D eigenvalue weighted by atomic mass is 35.5. The first-order chi connectivity index (χ1) is 8.52. The molecule has 0 saturated heterocycles. The van der Waals surface area contributed by atoms with E-state index in [2.05, 4.69) is 5.10 Å². The minimum absolute atomic E-state index is 0.134. The van der Waals surface area contributed by atoms with Gasteiger partial charge in [-0.1, -0.05) is 11.6 Å². The largest absolute Gasteiger partial charge is 0.462 e. The van der Waals surface area contributed by atoms with Crippen LogP contribution in [-0.2, 0) is 4.74 Å². The molecule has 0 spiro atoms. The molecule has 0 N–H and O–H groups in total. The number of rotatable bonds is 3. The van der Waals surface area contributed by atoms with Crippen molar-refractivity contribution in [3.63, 3.8) is 0 Å². The van der Waals surface area contributed by atoms with Crippen molar-refractivity contribution in [1.82, 2.24) is 9.78 Å². The van der Waals surface area contributed by atoms with Crippen LogP contribution in [0.3, 0.4) is 0 Å². The molecule has 0 aliphatic carbocycles. The van der Waals surface area contributed by atoms with Crippen LogP contribution in [0.15, 0.2) is 18.3 Å². The van der Waals surface area contributed by atoms with E-state index in [0.717, 1.165) is 6.20 Å². The molecule has 2 aromatic rings. The lowest BCUT2D eigenvalue weighted by molar-refractivity contribution is 0.0526. The number of nitrogens with zero attached hydrogens (tertiary/aromatic N) is 2. The summed E-state index contributed by atoms with van der Waals surface area (Å²) in [6, 6.07) is 2.77. The molecule has 7 heteroatoms. The number of aromatic nitrogens is 2. The van der Waals surface area contributed by atoms with Gasteiger partial charge in [0.15, 0.2) is 0 Å². The van der Waals surface area contributed by atoms with E-state index >= 15 is 0 Å². The summed E-state index contributed by atoms with van der Waals surface area (Å²) < 4.78 is 30.3. The van der Waals surface area contributed by atoms with Gasteiger partial charge in [0.1, 0.15) is 5.52 Å². The summed E-state index contributed by atoms with van der Waals surface area (Å²) in [4.78, 5) is 11.5. The summed E-state index contributed by atoms with van der Waals surface area (Å²) in [7, 11) is 0. The lowest BCUT2D eigenvalue weighted by atomic mass is 10.1. The van der Waals surface area contributed by atoms with Crippen LogP contribution >= 0.6 is 11.6 Å². The zero-order chi connectivity index (χ0) is 13.3. The minimum atomic E-state index is -2.75. The number of hydrogen-bond acceptors (Lipinski definition) is 3. The number of carbonyl (C=O) groups is 1. The second-order valence-corrected chi connectivity index (χ2v) is 3.91. The molecule has 0 bridgehead atoms. The van der Waals surface area contributed by atoms with E-state index in [0.29, 0.717) is 10.1 Å². The maximum Gasteiger partial charge on any atom is 0.338 e. The van der Waals surface area contributed by atoms with Gasteiger partial charge in [0.2, 0.25) is 0 Å². The molecule has 0 radical (unpaired) electrons. The lowest BCUT2D eigenvalue weighted by Gasteiger charge is -2.02. The van der Waals surface area contributed by atoms with Crippen molar-refractivity contribution in [2.75, 3.05) is 6.61 Å². The predicted octanol–water partition coefficient (Wildman–Crippen LogP) is 3.26. The maximum absolute atomic E-state index is 12.5. The number of benzene rings is 1. The normalized spacial score (nSPS) is 11.2. The van der Waals surface area contributed by atoms with Crippen molar-refractivity contribution in [3.05, 3.63) is 28.9 Å². The quantitative estimate of drug-likeness (QED) is 0.807. The van der Waals surface area contributed by atoms with Gasteiger partial charge in [-0.05, 0) is 19.1 Å². The van der Waals surface area contributed by atoms with E-state index in [-0.39, 0.29) is 22.7 Å². The third-order valence-corrected chi connectivity index (χ3v) is 2.58. The van der Waals surface area contributed by atoms with Gasteiger partial charge in [-0.3, -0.25) is 0 Å². The molecule has 1 heterocycles. The first-order valence-corrected chi connectivity index (χ1v) is 5.54. The third-order valence-electron chi connectivity index (χ3n) is 2.29. The van der Waals surface area contributed by atoms with Crippen LogP contribution in [-0.4, -0.2) is 22.4 Å². The fourth-order valence-electron chi connectivity index (χ4n) is 1.54. The fourth-order valence-corrected chi connectivity index (χ4v) is 1.81. The monoisotopic (exact) mass is 274 g/mol. The Labute approximate surface area is 106 Å². The molecule has 0 aliphatic heterocycles. The Bertz CT molecular complexity index is 598. The van der Waals surface area contributed by atoms with Crippen LogP contribution in [0.4, 0.5) is 8.78 Å². The molecule has 0 fully saturated rings. The van der Waals surface area contributed by atoms with E-state index in [4.69, 9.17) is 16.3 Å². The molecule has 1 aromatic carbocycles. The molecule has 0 aliphatic rings. The van der Waals surface area contributed by atoms with Gasteiger partial charge < -0.3 is 4.74 Å². The highest BCUT2D eigenvalue weighted by molar-refractivity contribution is 6.35. The zero-order valence-electron chi connectivity index (χ0n) is 9.36. The number of carbonyl (C=O) groups excluding carboxylic acids is 1. The van der Waals surface area contributed by atoms with Gasteiger partial charge in [0, 0.05) is 11.6 Å². The van der Waals surface area contributed by atoms with Crippen molar-refractivity contribution in [2.24, 2.45) is 0 Å². The molecular formula is C11H9ClF2N2O2. The summed E-state index contributed by atoms with van der Waals surface area (Å²) in [5.41, 5.74) is 0.438. The first kappa shape index (κ1) is 12.8. The molecular weight excluding hydrogens is 266 g/mol. The van der Waals surface area contributed by atoms with Gasteiger partial charge in [-0.25, -0.2) is 9.48 Å². The molecule has 96 valence electrons. The lowest BCUT2D eigenvalue weighted by Crippen LogP contribution is -2.04. The number of halogens is 3. The van der Waals surface area contributed by atoms with Crippen LogP contribution in [0.1, 0.15) is 23.8 Å². The zero-order valence-corrected chi connectivity index (χ0v) is 10.1. The van der Waals surface area contributed by atoms with Gasteiger partial charge in [0.25, 0.3) is 0 Å². The molecule has 18 heavy (non-hydrogen) atoms. The van der Waals surface area contributed by atoms with Gasteiger partial charge in [-0.15, -0.1) is 0 Å². The van der Waals surface area contributed by atoms with E-state index in [1.165, 1.54) is 12.1 Å². The summed E-state index contributed by atoms with van der Waals surface area (Å²) in [5.74, 6) is -0.550. The SMILES string of the molecule is CCOC(=O)c1cc(Cl)c2nn(C(F)F)cc2c1. The van der Waals surface area contributed by atoms with Crippen LogP contribution in [0.25, 0.3) is 10.9 Å². The second kappa shape index (κ2) is 4.89. The molecule has 0 unspecified atom stereocenters. The molecule has 0 amide bonds. The summed E-state index contributed by atoms with van der Waals surface area (Å²) in [5, 5.41) is 4.14. The number of fused-ring (bicyclic) bond motifs is 1. The van der Waals surface area contributed by atoms with Gasteiger partial charge in [0.05, 0.1) is 17.2 Å². The van der Waals surface area contributed by atoms with Crippen LogP contribution in [0, 0.1) is 0 Å². The molecule has 4 nitrogen and oxygen atoms in total. The second-order valence-electron chi connectivity index (χ2n) is 3.50. The summed E-state index contributed by atoms with van der Waals surface area (Å²) >= 11 is 5.90. The minimum Gasteiger partial charge on any atom is -0.462 e. The Hall–Kier alpha value is -1.69. The first-order valence-electron chi connectivity index (χ1n) is 5.16. The van der Waals surface area contributed by atoms with Crippen molar-refractivity contribution >= 4 is 28.5 Å². The van der Waals surface area contributed by atoms with E-state index in [9.17, 15) is 13.6 Å². The van der Waals surface area contributed by atoms with E-state index < -0.39 is 12.5 Å². The maximum atomic E-state index is 12.5. The topological polar surface area (TPSA) is 44.1 Å². The van der Waals surface area contributed by atoms with Crippen LogP contribution < -0.4 is 0 Å². The van der Waals surface area contributed by atoms with E-state index in [1.54, 1.807) is 6.92 Å². The Morgan fingerprint density at radius 1 is 1.56 bits per heavy atom. The molecule has 0 atom stereocenters. The van der Waals surface area contributed by atoms with Crippen molar-refractivity contribution < 1.29 is 18.3 Å². The van der Waals surface area contributed by atoms with Crippen LogP contribution in [0.5, 0.6) is 0 Å². The fraction of sp³-hybridized carbons (Fsp3) is 0.273. The van der Waals surface area contributed by atoms with Gasteiger partial charge >= 0.3 is 12.5 Å². The predicted molar refractivity (Wildman–Crippen MR) is 62.0 cm³/mol. The summed E-state index contributed by atoms with van der Waals surface area (Å²) in [6.45, 7) is -0.850. The third kappa shape index (κ3) is 2.28. The number of hydrogen-bond donors (Lipinski definition) is 0. The highest BCUT2D eigenvalue weighted by Crippen LogP contribution is 2.26. The standard InChI is InChI=1S/C11H9ClF2N2O2/c1-2-18-10(17)6-3-7-5-16(11(13)14)15-9(7)8(12)4-6/h3-5,11H,2H2,1H3. The van der Waals surface area contributed by atoms with Crippen molar-refractivity contribution in [2.45, 2.75) is 13.5 Å². The Morgan fingerprint density at radius 3 is 2.89 bits per heavy atom. The Balaban J connectivity index is 2.51. The number of alkyl halides is 2. The number of esters is 1. The average Bonchev–Trinajstić information content (AvgIpc) is 2.73. The van der Waals surface area contributed by atoms with Crippen LogP contribution in [0.2, 0.25) is 5.02 Å².